The van der Waals surface area contributed by atoms with E-state index in [1.807, 2.05) is 0 Å². The Hall–Kier alpha value is -1.31. The van der Waals surface area contributed by atoms with Crippen molar-refractivity contribution in [1.82, 2.24) is 4.31 Å². The first-order chi connectivity index (χ1) is 9.32. The molecule has 4 N–H and O–H groups in total. The van der Waals surface area contributed by atoms with Gasteiger partial charge >= 0.3 is 0 Å². The number of nitrogen functional groups attached to an aromatic ring is 1. The van der Waals surface area contributed by atoms with Crippen LogP contribution in [0.4, 0.5) is 5.69 Å². The summed E-state index contributed by atoms with van der Waals surface area (Å²) in [5, 5.41) is 0.0752. The summed E-state index contributed by atoms with van der Waals surface area (Å²) < 4.78 is 26.3. The summed E-state index contributed by atoms with van der Waals surface area (Å²) in [6, 6.07) is 4.25. The van der Waals surface area contributed by atoms with Gasteiger partial charge in [-0.1, -0.05) is 11.6 Å². The highest BCUT2D eigenvalue weighted by Crippen LogP contribution is 2.29. The monoisotopic (exact) mass is 317 g/mol. The Bertz CT molecular complexity index is 633. The van der Waals surface area contributed by atoms with Gasteiger partial charge in [-0.15, -0.1) is 0 Å². The van der Waals surface area contributed by atoms with E-state index in [1.165, 1.54) is 22.5 Å². The van der Waals surface area contributed by atoms with Crippen LogP contribution in [0.5, 0.6) is 0 Å². The molecule has 1 aliphatic rings. The predicted molar refractivity (Wildman–Crippen MR) is 76.5 cm³/mol. The third-order valence-electron chi connectivity index (χ3n) is 3.36. The van der Waals surface area contributed by atoms with Gasteiger partial charge in [-0.25, -0.2) is 8.42 Å². The molecule has 1 unspecified atom stereocenters. The molecule has 1 fully saturated rings. The SMILES string of the molecule is NC(=O)C1CCCN(S(=O)(=O)c2ccc(N)cc2Cl)C1. The molecule has 1 aromatic carbocycles. The number of halogens is 1. The van der Waals surface area contributed by atoms with Crippen LogP contribution in [0.15, 0.2) is 23.1 Å². The lowest BCUT2D eigenvalue weighted by Gasteiger charge is -2.30. The van der Waals surface area contributed by atoms with Crippen LogP contribution >= 0.6 is 11.6 Å². The molecule has 1 saturated heterocycles. The Morgan fingerprint density at radius 3 is 2.70 bits per heavy atom. The zero-order chi connectivity index (χ0) is 14.9. The summed E-state index contributed by atoms with van der Waals surface area (Å²) in [4.78, 5) is 11.2. The van der Waals surface area contributed by atoms with Crippen molar-refractivity contribution in [3.8, 4) is 0 Å². The molecule has 0 saturated carbocycles. The van der Waals surface area contributed by atoms with Gasteiger partial charge in [0.15, 0.2) is 0 Å². The Morgan fingerprint density at radius 1 is 1.40 bits per heavy atom. The molecule has 1 heterocycles. The maximum atomic E-state index is 12.5. The first-order valence-corrected chi connectivity index (χ1v) is 7.98. The number of anilines is 1. The third kappa shape index (κ3) is 2.89. The highest BCUT2D eigenvalue weighted by molar-refractivity contribution is 7.89. The van der Waals surface area contributed by atoms with Crippen LogP contribution in [0.2, 0.25) is 5.02 Å². The lowest BCUT2D eigenvalue weighted by atomic mass is 9.99. The molecule has 0 radical (unpaired) electrons. The number of primary amides is 1. The van der Waals surface area contributed by atoms with Gasteiger partial charge in [0.2, 0.25) is 15.9 Å². The summed E-state index contributed by atoms with van der Waals surface area (Å²) in [5.74, 6) is -0.931. The standard InChI is InChI=1S/C12H16ClN3O3S/c13-10-6-9(14)3-4-11(10)20(18,19)16-5-1-2-8(7-16)12(15)17/h3-4,6,8H,1-2,5,7,14H2,(H2,15,17). The van der Waals surface area contributed by atoms with Gasteiger partial charge in [0.1, 0.15) is 4.90 Å². The summed E-state index contributed by atoms with van der Waals surface area (Å²) in [7, 11) is -3.74. The summed E-state index contributed by atoms with van der Waals surface area (Å²) >= 11 is 5.95. The number of carbonyl (C=O) groups is 1. The molecular formula is C12H16ClN3O3S. The Morgan fingerprint density at radius 2 is 2.10 bits per heavy atom. The van der Waals surface area contributed by atoms with E-state index in [4.69, 9.17) is 23.1 Å². The molecule has 1 aliphatic heterocycles. The number of carbonyl (C=O) groups excluding carboxylic acids is 1. The minimum atomic E-state index is -3.74. The zero-order valence-corrected chi connectivity index (χ0v) is 12.3. The number of nitrogens with zero attached hydrogens (tertiary/aromatic N) is 1. The van der Waals surface area contributed by atoms with Gasteiger partial charge < -0.3 is 11.5 Å². The Kier molecular flexibility index (Phi) is 4.22. The van der Waals surface area contributed by atoms with Crippen LogP contribution in [0.25, 0.3) is 0 Å². The molecule has 0 bridgehead atoms. The van der Waals surface area contributed by atoms with E-state index in [0.29, 0.717) is 25.1 Å². The fourth-order valence-electron chi connectivity index (χ4n) is 2.26. The zero-order valence-electron chi connectivity index (χ0n) is 10.8. The van der Waals surface area contributed by atoms with E-state index >= 15 is 0 Å². The first kappa shape index (κ1) is 15.1. The van der Waals surface area contributed by atoms with E-state index in [-0.39, 0.29) is 16.5 Å². The molecule has 1 atom stereocenters. The second kappa shape index (κ2) is 5.59. The number of nitrogens with two attached hydrogens (primary N) is 2. The largest absolute Gasteiger partial charge is 0.399 e. The summed E-state index contributed by atoms with van der Waals surface area (Å²) in [6.45, 7) is 0.450. The lowest BCUT2D eigenvalue weighted by molar-refractivity contribution is -0.122. The van der Waals surface area contributed by atoms with E-state index < -0.39 is 21.8 Å². The number of hydrogen-bond acceptors (Lipinski definition) is 4. The average Bonchev–Trinajstić information content (AvgIpc) is 2.38. The molecule has 110 valence electrons. The van der Waals surface area contributed by atoms with Gasteiger partial charge in [-0.3, -0.25) is 4.79 Å². The molecule has 0 spiro atoms. The van der Waals surface area contributed by atoms with Crippen molar-refractivity contribution in [3.05, 3.63) is 23.2 Å². The summed E-state index contributed by atoms with van der Waals surface area (Å²) in [5.41, 5.74) is 11.2. The van der Waals surface area contributed by atoms with E-state index in [2.05, 4.69) is 0 Å². The maximum absolute atomic E-state index is 12.5. The summed E-state index contributed by atoms with van der Waals surface area (Å²) in [6.07, 6.45) is 1.20. The molecule has 6 nitrogen and oxygen atoms in total. The number of hydrogen-bond donors (Lipinski definition) is 2. The molecular weight excluding hydrogens is 302 g/mol. The predicted octanol–water partition coefficient (Wildman–Crippen LogP) is 0.808. The normalized spacial score (nSPS) is 20.8. The van der Waals surface area contributed by atoms with Crippen LogP contribution in [0, 0.1) is 5.92 Å². The Labute approximate surface area is 122 Å². The van der Waals surface area contributed by atoms with Crippen molar-refractivity contribution in [3.63, 3.8) is 0 Å². The minimum Gasteiger partial charge on any atom is -0.399 e. The van der Waals surface area contributed by atoms with Gasteiger partial charge in [-0.05, 0) is 31.0 Å². The molecule has 1 aromatic rings. The molecule has 0 aromatic heterocycles. The number of benzene rings is 1. The first-order valence-electron chi connectivity index (χ1n) is 6.17. The second-order valence-electron chi connectivity index (χ2n) is 4.79. The highest BCUT2D eigenvalue weighted by Gasteiger charge is 2.33. The highest BCUT2D eigenvalue weighted by atomic mass is 35.5. The van der Waals surface area contributed by atoms with Gasteiger partial charge in [0, 0.05) is 18.8 Å². The number of sulfonamides is 1. The maximum Gasteiger partial charge on any atom is 0.244 e. The smallest absolute Gasteiger partial charge is 0.244 e. The number of rotatable bonds is 3. The van der Waals surface area contributed by atoms with Gasteiger partial charge in [-0.2, -0.15) is 4.31 Å². The van der Waals surface area contributed by atoms with Crippen molar-refractivity contribution in [1.29, 1.82) is 0 Å². The molecule has 2 rings (SSSR count). The van der Waals surface area contributed by atoms with E-state index in [1.54, 1.807) is 0 Å². The second-order valence-corrected chi connectivity index (χ2v) is 7.11. The molecule has 20 heavy (non-hydrogen) atoms. The minimum absolute atomic E-state index is 0.00140. The van der Waals surface area contributed by atoms with Gasteiger partial charge in [0.05, 0.1) is 10.9 Å². The van der Waals surface area contributed by atoms with Crippen LogP contribution in [0.1, 0.15) is 12.8 Å². The quantitative estimate of drug-likeness (QED) is 0.804. The van der Waals surface area contributed by atoms with Crippen molar-refractivity contribution in [2.75, 3.05) is 18.8 Å². The molecule has 0 aliphatic carbocycles. The fraction of sp³-hybridized carbons (Fsp3) is 0.417. The van der Waals surface area contributed by atoms with Crippen molar-refractivity contribution >= 4 is 33.2 Å². The van der Waals surface area contributed by atoms with Crippen molar-refractivity contribution < 1.29 is 13.2 Å². The van der Waals surface area contributed by atoms with Crippen LogP contribution in [0.3, 0.4) is 0 Å². The fourth-order valence-corrected chi connectivity index (χ4v) is 4.31. The lowest BCUT2D eigenvalue weighted by Crippen LogP contribution is -2.44. The van der Waals surface area contributed by atoms with E-state index in [9.17, 15) is 13.2 Å². The van der Waals surface area contributed by atoms with Crippen molar-refractivity contribution in [2.24, 2.45) is 11.7 Å². The van der Waals surface area contributed by atoms with Crippen LogP contribution < -0.4 is 11.5 Å². The van der Waals surface area contributed by atoms with Crippen LogP contribution in [-0.4, -0.2) is 31.7 Å². The Balaban J connectivity index is 2.32. The van der Waals surface area contributed by atoms with Gasteiger partial charge in [0.25, 0.3) is 0 Å². The van der Waals surface area contributed by atoms with E-state index in [0.717, 1.165) is 0 Å². The number of piperidine rings is 1. The van der Waals surface area contributed by atoms with Crippen LogP contribution in [-0.2, 0) is 14.8 Å². The third-order valence-corrected chi connectivity index (χ3v) is 5.71. The topological polar surface area (TPSA) is 106 Å². The molecule has 8 heteroatoms. The molecule has 1 amide bonds. The number of amides is 1. The van der Waals surface area contributed by atoms with Crippen molar-refractivity contribution in [2.45, 2.75) is 17.7 Å². The average molecular weight is 318 g/mol.